The van der Waals surface area contributed by atoms with E-state index in [1.54, 1.807) is 14.1 Å². The zero-order valence-corrected chi connectivity index (χ0v) is 5.23. The first-order valence-corrected chi connectivity index (χ1v) is 2.43. The summed E-state index contributed by atoms with van der Waals surface area (Å²) in [6.45, 7) is 0.442. The van der Waals surface area contributed by atoms with Crippen LogP contribution >= 0.6 is 0 Å². The number of rotatable bonds is 2. The topological polar surface area (TPSA) is 62.4 Å². The van der Waals surface area contributed by atoms with Crippen LogP contribution < -0.4 is 16.6 Å². The van der Waals surface area contributed by atoms with Crippen LogP contribution in [0.15, 0.2) is 4.99 Å². The molecule has 0 aromatic carbocycles. The van der Waals surface area contributed by atoms with Gasteiger partial charge in [0.05, 0.1) is 6.54 Å². The minimum atomic E-state index is 0.442. The second-order valence-corrected chi connectivity index (χ2v) is 1.25. The van der Waals surface area contributed by atoms with Crippen LogP contribution in [0, 0.1) is 0 Å². The van der Waals surface area contributed by atoms with Crippen molar-refractivity contribution in [1.29, 1.82) is 0 Å². The molecule has 0 aliphatic rings. The van der Waals surface area contributed by atoms with Gasteiger partial charge in [-0.25, -0.2) is 5.43 Å². The Bertz CT molecular complexity index is 78.1. The summed E-state index contributed by atoms with van der Waals surface area (Å²) >= 11 is 0. The van der Waals surface area contributed by atoms with Crippen molar-refractivity contribution < 1.29 is 0 Å². The fourth-order valence-electron chi connectivity index (χ4n) is 0.343. The average molecular weight is 116 g/mol. The Morgan fingerprint density at radius 2 is 2.38 bits per heavy atom. The van der Waals surface area contributed by atoms with E-state index in [9.17, 15) is 0 Å². The first-order valence-electron chi connectivity index (χ1n) is 2.43. The van der Waals surface area contributed by atoms with E-state index in [4.69, 9.17) is 5.73 Å². The van der Waals surface area contributed by atoms with Crippen LogP contribution in [0.1, 0.15) is 0 Å². The van der Waals surface area contributed by atoms with Crippen LogP contribution in [0.2, 0.25) is 0 Å². The number of hydrazine groups is 1. The van der Waals surface area contributed by atoms with Crippen LogP contribution in [-0.2, 0) is 0 Å². The highest BCUT2D eigenvalue weighted by Gasteiger charge is 1.85. The summed E-state index contributed by atoms with van der Waals surface area (Å²) in [4.78, 5) is 3.81. The molecule has 0 aromatic heterocycles. The maximum atomic E-state index is 5.24. The third-order valence-electron chi connectivity index (χ3n) is 0.733. The lowest BCUT2D eigenvalue weighted by molar-refractivity contribution is 0.757. The van der Waals surface area contributed by atoms with Gasteiger partial charge in [0.2, 0.25) is 0 Å². The smallest absolute Gasteiger partial charge is 0.124 e. The molecule has 4 N–H and O–H groups in total. The molecule has 0 unspecified atom stereocenters. The number of nitrogens with zero attached hydrogens (tertiary/aromatic N) is 1. The van der Waals surface area contributed by atoms with Crippen molar-refractivity contribution in [2.45, 2.75) is 0 Å². The van der Waals surface area contributed by atoms with Crippen molar-refractivity contribution in [3.63, 3.8) is 0 Å². The number of hydrogen-bond donors (Lipinski definition) is 3. The Hall–Kier alpha value is -0.610. The lowest BCUT2D eigenvalue weighted by Crippen LogP contribution is -2.38. The number of nitrogens with one attached hydrogen (secondary N) is 2. The molecule has 0 bridgehead atoms. The summed E-state index contributed by atoms with van der Waals surface area (Å²) in [6, 6.07) is 0. The maximum Gasteiger partial charge on any atom is 0.124 e. The fraction of sp³-hybridized carbons (Fsp3) is 0.750. The standard InChI is InChI=1S/C4H12N4/c1-6-4(3-5)8-7-2/h7H,3,5H2,1-2H3,(H,6,8). The SMILES string of the molecule is CN=C(CN)NNC. The monoisotopic (exact) mass is 116 g/mol. The molecule has 0 rings (SSSR count). The van der Waals surface area contributed by atoms with Gasteiger partial charge in [0.1, 0.15) is 5.84 Å². The highest BCUT2D eigenvalue weighted by Crippen LogP contribution is 1.60. The molecule has 0 saturated heterocycles. The molecule has 0 fully saturated rings. The molecule has 0 heterocycles. The van der Waals surface area contributed by atoms with E-state index in [0.29, 0.717) is 6.54 Å². The van der Waals surface area contributed by atoms with Crippen LogP contribution in [0.5, 0.6) is 0 Å². The predicted octanol–water partition coefficient (Wildman–Crippen LogP) is -1.30. The summed E-state index contributed by atoms with van der Waals surface area (Å²) in [6.07, 6.45) is 0. The minimum Gasteiger partial charge on any atom is -0.324 e. The van der Waals surface area contributed by atoms with Gasteiger partial charge < -0.3 is 11.2 Å². The first-order chi connectivity index (χ1) is 3.85. The molecular formula is C4H12N4. The van der Waals surface area contributed by atoms with Crippen molar-refractivity contribution in [3.05, 3.63) is 0 Å². The summed E-state index contributed by atoms with van der Waals surface area (Å²) in [7, 11) is 3.45. The van der Waals surface area contributed by atoms with E-state index in [1.165, 1.54) is 0 Å². The highest BCUT2D eigenvalue weighted by molar-refractivity contribution is 5.83. The zero-order chi connectivity index (χ0) is 6.41. The highest BCUT2D eigenvalue weighted by atomic mass is 15.4. The molecule has 0 spiro atoms. The zero-order valence-electron chi connectivity index (χ0n) is 5.23. The molecular weight excluding hydrogens is 104 g/mol. The lowest BCUT2D eigenvalue weighted by Gasteiger charge is -2.02. The predicted molar refractivity (Wildman–Crippen MR) is 34.6 cm³/mol. The molecule has 4 nitrogen and oxygen atoms in total. The van der Waals surface area contributed by atoms with Crippen LogP contribution in [0.3, 0.4) is 0 Å². The number of amidine groups is 1. The fourth-order valence-corrected chi connectivity index (χ4v) is 0.343. The van der Waals surface area contributed by atoms with Gasteiger partial charge in [-0.3, -0.25) is 4.99 Å². The first kappa shape index (κ1) is 7.39. The summed E-state index contributed by atoms with van der Waals surface area (Å²) in [5, 5.41) is 0. The average Bonchev–Trinajstić information content (AvgIpc) is 1.83. The number of hydrogen-bond acceptors (Lipinski definition) is 3. The molecule has 0 atom stereocenters. The van der Waals surface area contributed by atoms with Crippen LogP contribution in [-0.4, -0.2) is 26.5 Å². The van der Waals surface area contributed by atoms with Gasteiger partial charge >= 0.3 is 0 Å². The largest absolute Gasteiger partial charge is 0.324 e. The minimum absolute atomic E-state index is 0.442. The van der Waals surface area contributed by atoms with Gasteiger partial charge in [-0.1, -0.05) is 0 Å². The third kappa shape index (κ3) is 2.54. The van der Waals surface area contributed by atoms with Crippen molar-refractivity contribution in [2.75, 3.05) is 20.6 Å². The Balaban J connectivity index is 3.38. The molecule has 48 valence electrons. The van der Waals surface area contributed by atoms with Crippen molar-refractivity contribution in [1.82, 2.24) is 10.9 Å². The summed E-state index contributed by atoms with van der Waals surface area (Å²) in [5.41, 5.74) is 10.7. The van der Waals surface area contributed by atoms with E-state index in [-0.39, 0.29) is 0 Å². The molecule has 0 saturated carbocycles. The molecule has 4 heteroatoms. The lowest BCUT2D eigenvalue weighted by atomic mass is 10.6. The molecule has 0 amide bonds. The molecule has 0 radical (unpaired) electrons. The third-order valence-corrected chi connectivity index (χ3v) is 0.733. The number of aliphatic imine (C=N–C) groups is 1. The Morgan fingerprint density at radius 3 is 2.50 bits per heavy atom. The van der Waals surface area contributed by atoms with Crippen LogP contribution in [0.25, 0.3) is 0 Å². The van der Waals surface area contributed by atoms with Crippen molar-refractivity contribution in [2.24, 2.45) is 10.7 Å². The molecule has 8 heavy (non-hydrogen) atoms. The van der Waals surface area contributed by atoms with E-state index in [0.717, 1.165) is 5.84 Å². The van der Waals surface area contributed by atoms with Gasteiger partial charge in [-0.2, -0.15) is 0 Å². The van der Waals surface area contributed by atoms with Crippen molar-refractivity contribution in [3.8, 4) is 0 Å². The molecule has 0 aliphatic carbocycles. The van der Waals surface area contributed by atoms with E-state index in [2.05, 4.69) is 15.8 Å². The molecule has 0 aliphatic heterocycles. The van der Waals surface area contributed by atoms with Crippen LogP contribution in [0.4, 0.5) is 0 Å². The number of nitrogens with two attached hydrogens (primary N) is 1. The van der Waals surface area contributed by atoms with E-state index >= 15 is 0 Å². The Morgan fingerprint density at radius 1 is 1.75 bits per heavy atom. The summed E-state index contributed by atoms with van der Waals surface area (Å²) < 4.78 is 0. The molecule has 0 aromatic rings. The summed E-state index contributed by atoms with van der Waals surface area (Å²) in [5.74, 6) is 0.757. The van der Waals surface area contributed by atoms with Gasteiger partial charge in [-0.05, 0) is 0 Å². The van der Waals surface area contributed by atoms with Gasteiger partial charge in [0.25, 0.3) is 0 Å². The Labute approximate surface area is 49.1 Å². The Kier molecular flexibility index (Phi) is 4.20. The van der Waals surface area contributed by atoms with E-state index < -0.39 is 0 Å². The van der Waals surface area contributed by atoms with Gasteiger partial charge in [-0.15, -0.1) is 0 Å². The normalized spacial score (nSPS) is 11.6. The quantitative estimate of drug-likeness (QED) is 0.239. The van der Waals surface area contributed by atoms with E-state index in [1.807, 2.05) is 0 Å². The maximum absolute atomic E-state index is 5.24. The van der Waals surface area contributed by atoms with Crippen molar-refractivity contribution >= 4 is 5.84 Å². The second kappa shape index (κ2) is 4.55. The van der Waals surface area contributed by atoms with Gasteiger partial charge in [0.15, 0.2) is 0 Å². The van der Waals surface area contributed by atoms with Gasteiger partial charge in [0, 0.05) is 14.1 Å². The second-order valence-electron chi connectivity index (χ2n) is 1.25.